The maximum Gasteiger partial charge on any atom is 0.331 e. The summed E-state index contributed by atoms with van der Waals surface area (Å²) in [5.41, 5.74) is 0.140. The number of hydrogen-bond acceptors (Lipinski definition) is 4. The molecule has 0 bridgehead atoms. The molecule has 1 aliphatic heterocycles. The van der Waals surface area contributed by atoms with E-state index in [1.54, 1.807) is 6.92 Å². The van der Waals surface area contributed by atoms with Crippen LogP contribution in [0, 0.1) is 0 Å². The van der Waals surface area contributed by atoms with Gasteiger partial charge in [-0.3, -0.25) is 14.3 Å². The molecule has 1 aromatic carbocycles. The van der Waals surface area contributed by atoms with Crippen LogP contribution in [0.15, 0.2) is 33.9 Å². The van der Waals surface area contributed by atoms with E-state index in [9.17, 15) is 14.7 Å². The van der Waals surface area contributed by atoms with Crippen LogP contribution in [-0.4, -0.2) is 20.8 Å². The highest BCUT2D eigenvalue weighted by Gasteiger charge is 2.24. The quantitative estimate of drug-likeness (QED) is 0.875. The van der Waals surface area contributed by atoms with E-state index in [-0.39, 0.29) is 24.1 Å². The molecule has 0 amide bonds. The number of nitrogens with zero attached hydrogens (tertiary/aromatic N) is 1. The molecule has 0 radical (unpaired) electrons. The van der Waals surface area contributed by atoms with Gasteiger partial charge in [-0.05, 0) is 18.1 Å². The molecule has 0 spiro atoms. The van der Waals surface area contributed by atoms with E-state index < -0.39 is 11.2 Å². The smallest absolute Gasteiger partial charge is 0.331 e. The Morgan fingerprint density at radius 2 is 2.14 bits per heavy atom. The van der Waals surface area contributed by atoms with Crippen molar-refractivity contribution in [2.24, 2.45) is 0 Å². The Bertz CT molecular complexity index is 766. The maximum atomic E-state index is 11.9. The van der Waals surface area contributed by atoms with Crippen LogP contribution in [0.25, 0.3) is 0 Å². The maximum absolute atomic E-state index is 11.9. The van der Waals surface area contributed by atoms with E-state index in [0.29, 0.717) is 12.8 Å². The lowest BCUT2D eigenvalue weighted by Gasteiger charge is -2.15. The summed E-state index contributed by atoms with van der Waals surface area (Å²) in [6.45, 7) is 1.95. The van der Waals surface area contributed by atoms with Gasteiger partial charge in [-0.1, -0.05) is 25.1 Å². The van der Waals surface area contributed by atoms with E-state index in [2.05, 4.69) is 4.98 Å². The molecule has 0 aliphatic carbocycles. The number of nitrogens with one attached hydrogen (secondary N) is 1. The number of para-hydroxylation sites is 1. The Morgan fingerprint density at radius 3 is 2.86 bits per heavy atom. The number of fused-ring (bicyclic) bond motifs is 1. The van der Waals surface area contributed by atoms with Crippen LogP contribution in [0.4, 0.5) is 0 Å². The predicted molar refractivity (Wildman–Crippen MR) is 76.9 cm³/mol. The van der Waals surface area contributed by atoms with Crippen molar-refractivity contribution in [2.45, 2.75) is 32.4 Å². The third-order valence-corrected chi connectivity index (χ3v) is 3.72. The molecule has 0 saturated heterocycles. The first kappa shape index (κ1) is 13.5. The molecule has 2 aromatic rings. The van der Waals surface area contributed by atoms with Crippen molar-refractivity contribution in [1.29, 1.82) is 0 Å². The lowest BCUT2D eigenvalue weighted by Crippen LogP contribution is -2.36. The molecule has 3 rings (SSSR count). The molecule has 21 heavy (non-hydrogen) atoms. The number of ether oxygens (including phenoxy) is 1. The van der Waals surface area contributed by atoms with Gasteiger partial charge in [0.15, 0.2) is 0 Å². The predicted octanol–water partition coefficient (Wildman–Crippen LogP) is 0.808. The zero-order valence-electron chi connectivity index (χ0n) is 11.6. The minimum atomic E-state index is -0.616. The summed E-state index contributed by atoms with van der Waals surface area (Å²) in [6.07, 6.45) is 0.789. The first-order chi connectivity index (χ1) is 10.1. The van der Waals surface area contributed by atoms with Gasteiger partial charge in [-0.15, -0.1) is 0 Å². The van der Waals surface area contributed by atoms with Crippen molar-refractivity contribution in [3.63, 3.8) is 0 Å². The number of aromatic hydroxyl groups is 1. The fraction of sp³-hybridized carbons (Fsp3) is 0.333. The third kappa shape index (κ3) is 2.33. The molecule has 2 heterocycles. The number of aromatic amines is 1. The zero-order chi connectivity index (χ0) is 15.0. The minimum Gasteiger partial charge on any atom is -0.494 e. The molecular weight excluding hydrogens is 272 g/mol. The molecule has 0 fully saturated rings. The van der Waals surface area contributed by atoms with Gasteiger partial charge in [-0.25, -0.2) is 4.79 Å². The first-order valence-corrected chi connectivity index (χ1v) is 6.89. The SMILES string of the molecule is CCc1c(O)n(CC2Cc3ccccc3O2)c(=O)[nH]c1=O. The van der Waals surface area contributed by atoms with Crippen molar-refractivity contribution in [3.8, 4) is 11.6 Å². The topological polar surface area (TPSA) is 84.3 Å². The summed E-state index contributed by atoms with van der Waals surface area (Å²) < 4.78 is 6.93. The second-order valence-corrected chi connectivity index (χ2v) is 5.08. The fourth-order valence-electron chi connectivity index (χ4n) is 2.65. The van der Waals surface area contributed by atoms with E-state index >= 15 is 0 Å². The van der Waals surface area contributed by atoms with Gasteiger partial charge < -0.3 is 9.84 Å². The minimum absolute atomic E-state index is 0.198. The molecule has 1 atom stereocenters. The van der Waals surface area contributed by atoms with Crippen LogP contribution in [0.1, 0.15) is 18.1 Å². The van der Waals surface area contributed by atoms with E-state index in [1.807, 2.05) is 24.3 Å². The third-order valence-electron chi connectivity index (χ3n) is 3.72. The number of aromatic nitrogens is 2. The van der Waals surface area contributed by atoms with Gasteiger partial charge in [-0.2, -0.15) is 0 Å². The molecule has 2 N–H and O–H groups in total. The second kappa shape index (κ2) is 5.12. The van der Waals surface area contributed by atoms with Gasteiger partial charge in [0.1, 0.15) is 11.9 Å². The van der Waals surface area contributed by atoms with Gasteiger partial charge in [0, 0.05) is 6.42 Å². The Morgan fingerprint density at radius 1 is 1.38 bits per heavy atom. The van der Waals surface area contributed by atoms with E-state index in [4.69, 9.17) is 4.74 Å². The van der Waals surface area contributed by atoms with Crippen LogP contribution in [0.2, 0.25) is 0 Å². The van der Waals surface area contributed by atoms with Crippen LogP contribution in [0.5, 0.6) is 11.6 Å². The molecular formula is C15H16N2O4. The Hall–Kier alpha value is -2.50. The monoisotopic (exact) mass is 288 g/mol. The highest BCUT2D eigenvalue weighted by Crippen LogP contribution is 2.29. The van der Waals surface area contributed by atoms with Crippen molar-refractivity contribution in [3.05, 3.63) is 56.2 Å². The molecule has 6 nitrogen and oxygen atoms in total. The summed E-state index contributed by atoms with van der Waals surface area (Å²) in [5, 5.41) is 10.1. The van der Waals surface area contributed by atoms with Crippen molar-refractivity contribution < 1.29 is 9.84 Å². The van der Waals surface area contributed by atoms with Crippen LogP contribution >= 0.6 is 0 Å². The number of rotatable bonds is 3. The second-order valence-electron chi connectivity index (χ2n) is 5.08. The summed E-state index contributed by atoms with van der Waals surface area (Å²) in [4.78, 5) is 25.7. The van der Waals surface area contributed by atoms with Crippen LogP contribution in [-0.2, 0) is 19.4 Å². The summed E-state index contributed by atoms with van der Waals surface area (Å²) in [7, 11) is 0. The van der Waals surface area contributed by atoms with E-state index in [1.165, 1.54) is 0 Å². The molecule has 1 aliphatic rings. The van der Waals surface area contributed by atoms with Gasteiger partial charge in [0.25, 0.3) is 5.56 Å². The summed E-state index contributed by atoms with van der Waals surface area (Å²) in [5.74, 6) is 0.529. The van der Waals surface area contributed by atoms with Crippen molar-refractivity contribution in [2.75, 3.05) is 0 Å². The molecule has 0 saturated carbocycles. The largest absolute Gasteiger partial charge is 0.494 e. The normalized spacial score (nSPS) is 16.5. The van der Waals surface area contributed by atoms with E-state index in [0.717, 1.165) is 15.9 Å². The lowest BCUT2D eigenvalue weighted by atomic mass is 10.1. The highest BCUT2D eigenvalue weighted by molar-refractivity contribution is 5.37. The molecule has 1 aromatic heterocycles. The Labute approximate surface area is 120 Å². The fourth-order valence-corrected chi connectivity index (χ4v) is 2.65. The summed E-state index contributed by atoms with van der Waals surface area (Å²) in [6, 6.07) is 7.67. The number of benzene rings is 1. The van der Waals surface area contributed by atoms with Gasteiger partial charge in [0.2, 0.25) is 5.88 Å². The number of H-pyrrole nitrogens is 1. The Balaban J connectivity index is 1.91. The zero-order valence-corrected chi connectivity index (χ0v) is 11.6. The molecule has 6 heteroatoms. The molecule has 110 valence electrons. The highest BCUT2D eigenvalue weighted by atomic mass is 16.5. The van der Waals surface area contributed by atoms with Gasteiger partial charge in [0.05, 0.1) is 12.1 Å². The Kier molecular flexibility index (Phi) is 3.29. The van der Waals surface area contributed by atoms with Gasteiger partial charge >= 0.3 is 5.69 Å². The standard InChI is InChI=1S/C15H16N2O4/c1-2-11-13(18)16-15(20)17(14(11)19)8-10-7-9-5-3-4-6-12(9)21-10/h3-6,10,19H,2,7-8H2,1H3,(H,16,18,20). The average Bonchev–Trinajstić information content (AvgIpc) is 2.86. The first-order valence-electron chi connectivity index (χ1n) is 6.89. The van der Waals surface area contributed by atoms with Crippen LogP contribution < -0.4 is 16.0 Å². The summed E-state index contributed by atoms with van der Waals surface area (Å²) >= 11 is 0. The average molecular weight is 288 g/mol. The van der Waals surface area contributed by atoms with Crippen LogP contribution in [0.3, 0.4) is 0 Å². The van der Waals surface area contributed by atoms with Crippen molar-refractivity contribution >= 4 is 0 Å². The van der Waals surface area contributed by atoms with Crippen molar-refractivity contribution in [1.82, 2.24) is 9.55 Å². The molecule has 1 unspecified atom stereocenters. The lowest BCUT2D eigenvalue weighted by molar-refractivity contribution is 0.199. The number of hydrogen-bond donors (Lipinski definition) is 2.